The Bertz CT molecular complexity index is 1460. The summed E-state index contributed by atoms with van der Waals surface area (Å²) in [6.07, 6.45) is 0. The smallest absolute Gasteiger partial charge is 0.291 e. The molecule has 0 saturated heterocycles. The maximum atomic E-state index is 14.2. The summed E-state index contributed by atoms with van der Waals surface area (Å²) in [5.74, 6) is -10.9. The van der Waals surface area contributed by atoms with E-state index in [1.54, 1.807) is 42.5 Å². The summed E-state index contributed by atoms with van der Waals surface area (Å²) in [7, 11) is 0.812. The lowest BCUT2D eigenvalue weighted by Gasteiger charge is -2.13. The van der Waals surface area contributed by atoms with Crippen molar-refractivity contribution in [3.05, 3.63) is 89.2 Å². The van der Waals surface area contributed by atoms with Crippen LogP contribution >= 0.6 is 12.2 Å². The topological polar surface area (TPSA) is 92.6 Å². The number of benzene rings is 3. The fourth-order valence-corrected chi connectivity index (χ4v) is 3.49. The van der Waals surface area contributed by atoms with Crippen LogP contribution in [0.1, 0.15) is 20.9 Å². The molecule has 0 aliphatic rings. The number of carbonyl (C=O) groups excluding carboxylic acids is 2. The summed E-state index contributed by atoms with van der Waals surface area (Å²) in [6, 6.07) is 14.8. The van der Waals surface area contributed by atoms with Crippen molar-refractivity contribution in [3.8, 4) is 5.75 Å². The van der Waals surface area contributed by atoms with E-state index in [4.69, 9.17) is 16.6 Å². The molecule has 36 heavy (non-hydrogen) atoms. The molecule has 12 heteroatoms. The van der Waals surface area contributed by atoms with Crippen LogP contribution in [0.15, 0.2) is 59.0 Å². The van der Waals surface area contributed by atoms with Crippen LogP contribution in [-0.4, -0.2) is 24.0 Å². The Labute approximate surface area is 206 Å². The van der Waals surface area contributed by atoms with E-state index in [-0.39, 0.29) is 11.4 Å². The number of rotatable bonds is 5. The average Bonchev–Trinajstić information content (AvgIpc) is 3.28. The molecular formula is C24H15F4N3O4S. The third kappa shape index (κ3) is 4.84. The molecule has 184 valence electrons. The first kappa shape index (κ1) is 24.7. The number of methoxy groups -OCH3 is 1. The van der Waals surface area contributed by atoms with Crippen LogP contribution in [0, 0.1) is 23.3 Å². The highest BCUT2D eigenvalue weighted by atomic mass is 32.1. The number of para-hydroxylation sites is 1. The summed E-state index contributed by atoms with van der Waals surface area (Å²) in [6.45, 7) is 0. The molecule has 0 radical (unpaired) electrons. The number of hydrogen-bond donors (Lipinski definition) is 3. The number of furan rings is 1. The Morgan fingerprint density at radius 2 is 1.47 bits per heavy atom. The van der Waals surface area contributed by atoms with Crippen LogP contribution in [0.4, 0.5) is 28.9 Å². The van der Waals surface area contributed by atoms with Crippen LogP contribution in [-0.2, 0) is 0 Å². The van der Waals surface area contributed by atoms with E-state index in [9.17, 15) is 27.2 Å². The zero-order valence-electron chi connectivity index (χ0n) is 18.2. The van der Waals surface area contributed by atoms with Gasteiger partial charge >= 0.3 is 0 Å². The van der Waals surface area contributed by atoms with Gasteiger partial charge in [0.25, 0.3) is 11.8 Å². The van der Waals surface area contributed by atoms with Gasteiger partial charge in [0, 0.05) is 16.8 Å². The summed E-state index contributed by atoms with van der Waals surface area (Å²) < 4.78 is 65.9. The molecule has 0 bridgehead atoms. The highest BCUT2D eigenvalue weighted by Gasteiger charge is 2.30. The highest BCUT2D eigenvalue weighted by Crippen LogP contribution is 2.29. The number of nitrogens with one attached hydrogen (secondary N) is 3. The van der Waals surface area contributed by atoms with Gasteiger partial charge in [-0.05, 0) is 42.5 Å². The largest absolute Gasteiger partial charge is 0.491 e. The number of thiocarbonyl (C=S) groups is 1. The van der Waals surface area contributed by atoms with Gasteiger partial charge in [0.15, 0.2) is 28.3 Å². The number of fused-ring (bicyclic) bond motifs is 1. The van der Waals surface area contributed by atoms with Gasteiger partial charge in [-0.1, -0.05) is 24.3 Å². The van der Waals surface area contributed by atoms with E-state index in [0.717, 1.165) is 12.5 Å². The van der Waals surface area contributed by atoms with Gasteiger partial charge in [-0.15, -0.1) is 0 Å². The summed E-state index contributed by atoms with van der Waals surface area (Å²) >= 11 is 4.96. The molecule has 1 aromatic heterocycles. The molecule has 1 heterocycles. The number of hydrogen-bond acceptors (Lipinski definition) is 5. The monoisotopic (exact) mass is 517 g/mol. The summed E-state index contributed by atoms with van der Waals surface area (Å²) in [5, 5.41) is 7.48. The van der Waals surface area contributed by atoms with Crippen LogP contribution in [0.2, 0.25) is 0 Å². The first-order valence-corrected chi connectivity index (χ1v) is 10.5. The molecule has 0 aliphatic carbocycles. The fraction of sp³-hybridized carbons (Fsp3) is 0.0417. The molecule has 2 amide bonds. The lowest BCUT2D eigenvalue weighted by molar-refractivity contribution is 0.0964. The van der Waals surface area contributed by atoms with Crippen molar-refractivity contribution in [3.63, 3.8) is 0 Å². The van der Waals surface area contributed by atoms with Crippen molar-refractivity contribution in [1.29, 1.82) is 0 Å². The number of halogens is 4. The van der Waals surface area contributed by atoms with Crippen LogP contribution in [0.3, 0.4) is 0 Å². The molecule has 0 unspecified atom stereocenters. The van der Waals surface area contributed by atoms with Gasteiger partial charge in [0.05, 0.1) is 7.11 Å². The number of ether oxygens (including phenoxy) is 1. The molecule has 4 rings (SSSR count). The third-order valence-electron chi connectivity index (χ3n) is 4.91. The van der Waals surface area contributed by atoms with E-state index in [2.05, 4.69) is 15.4 Å². The van der Waals surface area contributed by atoms with Gasteiger partial charge in [0.1, 0.15) is 11.1 Å². The first-order valence-electron chi connectivity index (χ1n) is 10.1. The Hall–Kier alpha value is -4.45. The maximum Gasteiger partial charge on any atom is 0.291 e. The van der Waals surface area contributed by atoms with Crippen molar-refractivity contribution in [2.75, 3.05) is 17.7 Å². The zero-order valence-corrected chi connectivity index (χ0v) is 19.1. The zero-order chi connectivity index (χ0) is 26.0. The standard InChI is InChI=1S/C24H15F4N3O4S/c1-34-21-19(27)17(25)16(18(26)20(21)28)23(33)31-24(36)30-13-7-4-6-12(10-13)29-22(32)15-9-11-5-2-3-8-14(11)35-15/h2-10H,1H3,(H,29,32)(H2,30,31,33,36). The van der Waals surface area contributed by atoms with E-state index in [0.29, 0.717) is 11.3 Å². The van der Waals surface area contributed by atoms with Crippen molar-refractivity contribution < 1.29 is 36.3 Å². The minimum absolute atomic E-state index is 0.0837. The van der Waals surface area contributed by atoms with Crippen molar-refractivity contribution >= 4 is 51.5 Å². The average molecular weight is 517 g/mol. The van der Waals surface area contributed by atoms with Crippen LogP contribution in [0.25, 0.3) is 11.0 Å². The Morgan fingerprint density at radius 3 is 2.11 bits per heavy atom. The van der Waals surface area contributed by atoms with Crippen LogP contribution < -0.4 is 20.7 Å². The highest BCUT2D eigenvalue weighted by molar-refractivity contribution is 7.80. The minimum Gasteiger partial charge on any atom is -0.491 e. The Kier molecular flexibility index (Phi) is 6.88. The molecule has 0 fully saturated rings. The van der Waals surface area contributed by atoms with Gasteiger partial charge in [-0.3, -0.25) is 14.9 Å². The lowest BCUT2D eigenvalue weighted by Crippen LogP contribution is -2.35. The molecule has 3 N–H and O–H groups in total. The number of carbonyl (C=O) groups is 2. The summed E-state index contributed by atoms with van der Waals surface area (Å²) in [4.78, 5) is 24.8. The molecule has 0 aliphatic heterocycles. The predicted molar refractivity (Wildman–Crippen MR) is 127 cm³/mol. The fourth-order valence-electron chi connectivity index (χ4n) is 3.28. The summed E-state index contributed by atoms with van der Waals surface area (Å²) in [5.41, 5.74) is -0.364. The lowest BCUT2D eigenvalue weighted by atomic mass is 10.1. The molecule has 7 nitrogen and oxygen atoms in total. The minimum atomic E-state index is -1.94. The van der Waals surface area contributed by atoms with Gasteiger partial charge in [0.2, 0.25) is 11.6 Å². The van der Waals surface area contributed by atoms with E-state index in [1.807, 2.05) is 5.32 Å². The molecule has 0 atom stereocenters. The normalized spacial score (nSPS) is 10.7. The molecule has 0 saturated carbocycles. The molecule has 3 aromatic carbocycles. The predicted octanol–water partition coefficient (Wildman–Crippen LogP) is 5.38. The SMILES string of the molecule is COc1c(F)c(F)c(C(=O)NC(=S)Nc2cccc(NC(=O)c3cc4ccccc4o3)c2)c(F)c1F. The van der Waals surface area contributed by atoms with Crippen molar-refractivity contribution in [2.24, 2.45) is 0 Å². The van der Waals surface area contributed by atoms with Gasteiger partial charge in [-0.2, -0.15) is 8.78 Å². The molecule has 0 spiro atoms. The van der Waals surface area contributed by atoms with E-state index >= 15 is 0 Å². The maximum absolute atomic E-state index is 14.2. The van der Waals surface area contributed by atoms with E-state index in [1.165, 1.54) is 12.1 Å². The first-order chi connectivity index (χ1) is 17.2. The van der Waals surface area contributed by atoms with Crippen molar-refractivity contribution in [2.45, 2.75) is 0 Å². The second-order valence-corrected chi connectivity index (χ2v) is 7.66. The van der Waals surface area contributed by atoms with Crippen molar-refractivity contribution in [1.82, 2.24) is 5.32 Å². The molecular weight excluding hydrogens is 502 g/mol. The second kappa shape index (κ2) is 10.0. The van der Waals surface area contributed by atoms with Crippen LogP contribution in [0.5, 0.6) is 5.75 Å². The quantitative estimate of drug-likeness (QED) is 0.187. The number of anilines is 2. The van der Waals surface area contributed by atoms with E-state index < -0.39 is 51.5 Å². The molecule has 4 aromatic rings. The Balaban J connectivity index is 1.45. The third-order valence-corrected chi connectivity index (χ3v) is 5.11. The second-order valence-electron chi connectivity index (χ2n) is 7.26. The van der Waals surface area contributed by atoms with Gasteiger partial charge < -0.3 is 19.8 Å². The number of amides is 2. The van der Waals surface area contributed by atoms with Gasteiger partial charge in [-0.25, -0.2) is 8.78 Å². The Morgan fingerprint density at radius 1 is 0.833 bits per heavy atom.